The van der Waals surface area contributed by atoms with E-state index in [4.69, 9.17) is 0 Å². The lowest BCUT2D eigenvalue weighted by Gasteiger charge is -2.16. The predicted octanol–water partition coefficient (Wildman–Crippen LogP) is 2.93. The van der Waals surface area contributed by atoms with Gasteiger partial charge in [-0.05, 0) is 31.2 Å². The average Bonchev–Trinajstić information content (AvgIpc) is 2.45. The molecule has 0 saturated carbocycles. The summed E-state index contributed by atoms with van der Waals surface area (Å²) in [6.07, 6.45) is 2.26. The maximum atomic E-state index is 11.9. The van der Waals surface area contributed by atoms with Crippen LogP contribution in [0.2, 0.25) is 0 Å². The summed E-state index contributed by atoms with van der Waals surface area (Å²) in [6.45, 7) is 4.21. The zero-order valence-corrected chi connectivity index (χ0v) is 13.8. The monoisotopic (exact) mass is 308 g/mol. The minimum atomic E-state index is -0.173. The van der Waals surface area contributed by atoms with Gasteiger partial charge in [-0.1, -0.05) is 31.0 Å². The van der Waals surface area contributed by atoms with Gasteiger partial charge in [-0.3, -0.25) is 9.59 Å². The molecule has 2 amide bonds. The smallest absolute Gasteiger partial charge is 0.243 e. The van der Waals surface area contributed by atoms with Crippen LogP contribution in [0.15, 0.2) is 24.3 Å². The summed E-state index contributed by atoms with van der Waals surface area (Å²) < 4.78 is 0. The quantitative estimate of drug-likeness (QED) is 0.751. The fourth-order valence-corrected chi connectivity index (χ4v) is 2.69. The average molecular weight is 308 g/mol. The van der Waals surface area contributed by atoms with Gasteiger partial charge in [-0.2, -0.15) is 11.8 Å². The Morgan fingerprint density at radius 2 is 1.90 bits per heavy atom. The van der Waals surface area contributed by atoms with Gasteiger partial charge in [0.15, 0.2) is 0 Å². The Kier molecular flexibility index (Phi) is 7.90. The molecule has 21 heavy (non-hydrogen) atoms. The number of anilines is 1. The molecule has 0 bridgehead atoms. The number of amides is 2. The molecule has 1 rings (SSSR count). The molecule has 0 atom stereocenters. The highest BCUT2D eigenvalue weighted by Gasteiger charge is 2.12. The number of hydrogen-bond donors (Lipinski definition) is 1. The summed E-state index contributed by atoms with van der Waals surface area (Å²) >= 11 is 1.62. The van der Waals surface area contributed by atoms with Crippen molar-refractivity contribution in [1.82, 2.24) is 4.90 Å². The summed E-state index contributed by atoms with van der Waals surface area (Å²) in [6, 6.07) is 7.59. The van der Waals surface area contributed by atoms with Gasteiger partial charge in [-0.15, -0.1) is 0 Å². The SMILES string of the molecule is CCCCSCC(=O)N(C)CC(=O)Nc1ccc(C)cc1. The van der Waals surface area contributed by atoms with E-state index in [1.165, 1.54) is 4.90 Å². The summed E-state index contributed by atoms with van der Waals surface area (Å²) in [4.78, 5) is 25.2. The third-order valence-corrected chi connectivity index (χ3v) is 4.04. The van der Waals surface area contributed by atoms with E-state index in [0.717, 1.165) is 29.8 Å². The van der Waals surface area contributed by atoms with Crippen molar-refractivity contribution in [3.05, 3.63) is 29.8 Å². The maximum absolute atomic E-state index is 11.9. The number of nitrogens with one attached hydrogen (secondary N) is 1. The molecule has 0 spiro atoms. The summed E-state index contributed by atoms with van der Waals surface area (Å²) in [5.74, 6) is 1.25. The van der Waals surface area contributed by atoms with E-state index in [2.05, 4.69) is 12.2 Å². The van der Waals surface area contributed by atoms with E-state index in [-0.39, 0.29) is 18.4 Å². The molecular weight excluding hydrogens is 284 g/mol. The molecule has 1 aromatic rings. The van der Waals surface area contributed by atoms with Gasteiger partial charge >= 0.3 is 0 Å². The molecule has 0 aliphatic carbocycles. The van der Waals surface area contributed by atoms with Gasteiger partial charge in [0.2, 0.25) is 11.8 Å². The molecular formula is C16H24N2O2S. The first-order valence-electron chi connectivity index (χ1n) is 7.21. The number of carbonyl (C=O) groups excluding carboxylic acids is 2. The van der Waals surface area contributed by atoms with Gasteiger partial charge in [0, 0.05) is 12.7 Å². The molecule has 0 aliphatic heterocycles. The fraction of sp³-hybridized carbons (Fsp3) is 0.500. The van der Waals surface area contributed by atoms with E-state index in [1.54, 1.807) is 18.8 Å². The van der Waals surface area contributed by atoms with Crippen LogP contribution < -0.4 is 5.32 Å². The molecule has 4 nitrogen and oxygen atoms in total. The molecule has 0 radical (unpaired) electrons. The predicted molar refractivity (Wildman–Crippen MR) is 89.7 cm³/mol. The first kappa shape index (κ1) is 17.6. The first-order valence-corrected chi connectivity index (χ1v) is 8.36. The van der Waals surface area contributed by atoms with Crippen molar-refractivity contribution in [1.29, 1.82) is 0 Å². The second kappa shape index (κ2) is 9.45. The van der Waals surface area contributed by atoms with Crippen molar-refractivity contribution >= 4 is 29.3 Å². The van der Waals surface area contributed by atoms with E-state index >= 15 is 0 Å². The molecule has 0 unspecified atom stereocenters. The standard InChI is InChI=1S/C16H24N2O2S/c1-4-5-10-21-12-16(20)18(3)11-15(19)17-14-8-6-13(2)7-9-14/h6-9H,4-5,10-12H2,1-3H3,(H,17,19). The molecule has 116 valence electrons. The van der Waals surface area contributed by atoms with Gasteiger partial charge in [0.1, 0.15) is 0 Å². The number of carbonyl (C=O) groups is 2. The molecule has 0 aliphatic rings. The van der Waals surface area contributed by atoms with Crippen LogP contribution in [0.5, 0.6) is 0 Å². The Morgan fingerprint density at radius 3 is 2.52 bits per heavy atom. The number of benzene rings is 1. The van der Waals surface area contributed by atoms with Crippen molar-refractivity contribution in [2.45, 2.75) is 26.7 Å². The maximum Gasteiger partial charge on any atom is 0.243 e. The van der Waals surface area contributed by atoms with E-state index < -0.39 is 0 Å². The zero-order valence-electron chi connectivity index (χ0n) is 13.0. The minimum Gasteiger partial charge on any atom is -0.336 e. The normalized spacial score (nSPS) is 10.2. The molecule has 1 aromatic carbocycles. The number of nitrogens with zero attached hydrogens (tertiary/aromatic N) is 1. The molecule has 0 saturated heterocycles. The summed E-state index contributed by atoms with van der Waals surface area (Å²) in [7, 11) is 1.66. The van der Waals surface area contributed by atoms with Crippen LogP contribution in [0.25, 0.3) is 0 Å². The van der Waals surface area contributed by atoms with Crippen molar-refractivity contribution in [3.8, 4) is 0 Å². The van der Waals surface area contributed by atoms with Crippen LogP contribution in [0.4, 0.5) is 5.69 Å². The topological polar surface area (TPSA) is 49.4 Å². The van der Waals surface area contributed by atoms with E-state index in [9.17, 15) is 9.59 Å². The molecule has 5 heteroatoms. The van der Waals surface area contributed by atoms with Crippen molar-refractivity contribution in [2.24, 2.45) is 0 Å². The molecule has 0 aromatic heterocycles. The Bertz CT molecular complexity index is 460. The Labute approximate surface area is 131 Å². The van der Waals surface area contributed by atoms with E-state index in [1.807, 2.05) is 31.2 Å². The van der Waals surface area contributed by atoms with Crippen LogP contribution in [0, 0.1) is 6.92 Å². The number of unbranched alkanes of at least 4 members (excludes halogenated alkanes) is 1. The highest BCUT2D eigenvalue weighted by Crippen LogP contribution is 2.09. The van der Waals surface area contributed by atoms with Crippen LogP contribution >= 0.6 is 11.8 Å². The Morgan fingerprint density at radius 1 is 1.24 bits per heavy atom. The number of rotatable bonds is 8. The second-order valence-corrected chi connectivity index (χ2v) is 6.18. The molecule has 1 N–H and O–H groups in total. The molecule has 0 fully saturated rings. The summed E-state index contributed by atoms with van der Waals surface area (Å²) in [5, 5.41) is 2.79. The van der Waals surface area contributed by atoms with Gasteiger partial charge in [-0.25, -0.2) is 0 Å². The van der Waals surface area contributed by atoms with Crippen LogP contribution in [0.3, 0.4) is 0 Å². The number of thioether (sulfide) groups is 1. The van der Waals surface area contributed by atoms with Crippen LogP contribution in [-0.2, 0) is 9.59 Å². The number of likely N-dealkylation sites (N-methyl/N-ethyl adjacent to an activating group) is 1. The molecule has 0 heterocycles. The second-order valence-electron chi connectivity index (χ2n) is 5.07. The van der Waals surface area contributed by atoms with Crippen LogP contribution in [0.1, 0.15) is 25.3 Å². The number of aryl methyl sites for hydroxylation is 1. The van der Waals surface area contributed by atoms with E-state index in [0.29, 0.717) is 5.75 Å². The first-order chi connectivity index (χ1) is 10.0. The largest absolute Gasteiger partial charge is 0.336 e. The van der Waals surface area contributed by atoms with Crippen molar-refractivity contribution in [3.63, 3.8) is 0 Å². The Balaban J connectivity index is 2.32. The minimum absolute atomic E-state index is 0.00448. The lowest BCUT2D eigenvalue weighted by Crippen LogP contribution is -2.36. The zero-order chi connectivity index (χ0) is 15.7. The van der Waals surface area contributed by atoms with Gasteiger partial charge in [0.05, 0.1) is 12.3 Å². The highest BCUT2D eigenvalue weighted by molar-refractivity contribution is 7.99. The lowest BCUT2D eigenvalue weighted by molar-refractivity contribution is -0.131. The van der Waals surface area contributed by atoms with Crippen LogP contribution in [-0.4, -0.2) is 41.8 Å². The fourth-order valence-electron chi connectivity index (χ4n) is 1.66. The summed E-state index contributed by atoms with van der Waals surface area (Å²) in [5.41, 5.74) is 1.90. The lowest BCUT2D eigenvalue weighted by atomic mass is 10.2. The third kappa shape index (κ3) is 7.18. The highest BCUT2D eigenvalue weighted by atomic mass is 32.2. The third-order valence-electron chi connectivity index (χ3n) is 3.01. The number of hydrogen-bond acceptors (Lipinski definition) is 3. The van der Waals surface area contributed by atoms with Crippen molar-refractivity contribution in [2.75, 3.05) is 30.4 Å². The van der Waals surface area contributed by atoms with Gasteiger partial charge < -0.3 is 10.2 Å². The van der Waals surface area contributed by atoms with Gasteiger partial charge in [0.25, 0.3) is 0 Å². The Hall–Kier alpha value is -1.49. The van der Waals surface area contributed by atoms with Crippen molar-refractivity contribution < 1.29 is 9.59 Å².